The van der Waals surface area contributed by atoms with Gasteiger partial charge in [0.2, 0.25) is 0 Å². The van der Waals surface area contributed by atoms with Crippen LogP contribution in [-0.2, 0) is 4.74 Å². The summed E-state index contributed by atoms with van der Waals surface area (Å²) in [6.07, 6.45) is -1.29. The smallest absolute Gasteiger partial charge is 0.406 e. The minimum absolute atomic E-state index is 0.269. The summed E-state index contributed by atoms with van der Waals surface area (Å²) in [6, 6.07) is 5.38. The summed E-state index contributed by atoms with van der Waals surface area (Å²) < 4.78 is 45.4. The number of rotatable bonds is 8. The molecule has 2 rings (SSSR count). The number of nitrogens with one attached hydrogen (secondary N) is 2. The molecule has 1 saturated carbocycles. The summed E-state index contributed by atoms with van der Waals surface area (Å²) in [5, 5.41) is 6.32. The summed E-state index contributed by atoms with van der Waals surface area (Å²) in [4.78, 5) is 0. The van der Waals surface area contributed by atoms with Gasteiger partial charge in [0.05, 0.1) is 0 Å². The van der Waals surface area contributed by atoms with Crippen LogP contribution in [0.3, 0.4) is 0 Å². The van der Waals surface area contributed by atoms with Gasteiger partial charge in [-0.1, -0.05) is 0 Å². The average Bonchev–Trinajstić information content (AvgIpc) is 3.27. The van der Waals surface area contributed by atoms with Crippen molar-refractivity contribution in [3.8, 4) is 5.75 Å². The Morgan fingerprint density at radius 3 is 2.52 bits per heavy atom. The first-order chi connectivity index (χ1) is 10.9. The number of alkyl halides is 3. The molecule has 0 spiro atoms. The molecule has 1 aliphatic carbocycles. The van der Waals surface area contributed by atoms with E-state index in [1.165, 1.54) is 37.1 Å². The molecule has 0 amide bonds. The molecule has 8 heteroatoms. The predicted octanol–water partition coefficient (Wildman–Crippen LogP) is 3.69. The molecule has 0 unspecified atom stereocenters. The Bertz CT molecular complexity index is 504. The van der Waals surface area contributed by atoms with Crippen molar-refractivity contribution in [1.82, 2.24) is 5.32 Å². The number of ether oxygens (including phenoxy) is 2. The number of hydrogen-bond donors (Lipinski definition) is 2. The molecular formula is C15H19F3N2O2S. The quantitative estimate of drug-likeness (QED) is 0.554. The second kappa shape index (κ2) is 8.35. The van der Waals surface area contributed by atoms with Crippen LogP contribution in [-0.4, -0.2) is 31.2 Å². The van der Waals surface area contributed by atoms with Gasteiger partial charge in [0.25, 0.3) is 0 Å². The fourth-order valence-electron chi connectivity index (χ4n) is 1.83. The third kappa shape index (κ3) is 8.03. The Morgan fingerprint density at radius 1 is 1.22 bits per heavy atom. The molecule has 4 nitrogen and oxygen atoms in total. The van der Waals surface area contributed by atoms with Crippen LogP contribution < -0.4 is 15.4 Å². The normalized spacial score (nSPS) is 14.4. The van der Waals surface area contributed by atoms with E-state index in [0.717, 1.165) is 18.9 Å². The molecule has 1 aromatic carbocycles. The SMILES string of the molecule is FC(F)(F)Oc1ccc(NC(=S)NCCCOCC2CC2)cc1. The van der Waals surface area contributed by atoms with Gasteiger partial charge in [0.15, 0.2) is 5.11 Å². The Morgan fingerprint density at radius 2 is 1.91 bits per heavy atom. The standard InChI is InChI=1S/C15H19F3N2O2S/c16-15(17,18)22-13-6-4-12(5-7-13)20-14(23)19-8-1-9-21-10-11-2-3-11/h4-7,11H,1-3,8-10H2,(H2,19,20,23). The lowest BCUT2D eigenvalue weighted by Crippen LogP contribution is -2.29. The minimum Gasteiger partial charge on any atom is -0.406 e. The number of hydrogen-bond acceptors (Lipinski definition) is 3. The average molecular weight is 348 g/mol. The van der Waals surface area contributed by atoms with Gasteiger partial charge in [-0.2, -0.15) is 0 Å². The molecule has 0 aromatic heterocycles. The highest BCUT2D eigenvalue weighted by Gasteiger charge is 2.30. The van der Waals surface area contributed by atoms with E-state index < -0.39 is 6.36 Å². The van der Waals surface area contributed by atoms with Crippen LogP contribution in [0.2, 0.25) is 0 Å². The van der Waals surface area contributed by atoms with E-state index in [9.17, 15) is 13.2 Å². The number of anilines is 1. The monoisotopic (exact) mass is 348 g/mol. The van der Waals surface area contributed by atoms with E-state index in [1.807, 2.05) is 0 Å². The fraction of sp³-hybridized carbons (Fsp3) is 0.533. The van der Waals surface area contributed by atoms with Crippen LogP contribution in [0.25, 0.3) is 0 Å². The van der Waals surface area contributed by atoms with Crippen LogP contribution in [0.4, 0.5) is 18.9 Å². The summed E-state index contributed by atoms with van der Waals surface area (Å²) >= 11 is 5.11. The predicted molar refractivity (Wildman–Crippen MR) is 85.5 cm³/mol. The Hall–Kier alpha value is -1.54. The van der Waals surface area contributed by atoms with Crippen molar-refractivity contribution in [3.05, 3.63) is 24.3 Å². The van der Waals surface area contributed by atoms with Gasteiger partial charge in [0.1, 0.15) is 5.75 Å². The van der Waals surface area contributed by atoms with Gasteiger partial charge in [-0.05, 0) is 61.7 Å². The Labute approximate surface area is 138 Å². The maximum atomic E-state index is 12.0. The molecule has 0 atom stereocenters. The van der Waals surface area contributed by atoms with Crippen LogP contribution in [0.15, 0.2) is 24.3 Å². The Balaban J connectivity index is 1.60. The van der Waals surface area contributed by atoms with Crippen LogP contribution in [0, 0.1) is 5.92 Å². The van der Waals surface area contributed by atoms with E-state index in [2.05, 4.69) is 15.4 Å². The van der Waals surface area contributed by atoms with Gasteiger partial charge in [0, 0.05) is 25.4 Å². The topological polar surface area (TPSA) is 42.5 Å². The third-order valence-corrected chi connectivity index (χ3v) is 3.39. The molecule has 1 aromatic rings. The zero-order chi connectivity index (χ0) is 16.7. The molecule has 0 radical (unpaired) electrons. The zero-order valence-corrected chi connectivity index (χ0v) is 13.3. The number of benzene rings is 1. The molecule has 128 valence electrons. The highest BCUT2D eigenvalue weighted by atomic mass is 32.1. The molecule has 2 N–H and O–H groups in total. The van der Waals surface area contributed by atoms with Crippen LogP contribution in [0.5, 0.6) is 5.75 Å². The molecule has 0 aliphatic heterocycles. The summed E-state index contributed by atoms with van der Waals surface area (Å²) in [5.74, 6) is 0.490. The molecule has 1 fully saturated rings. The third-order valence-electron chi connectivity index (χ3n) is 3.15. The van der Waals surface area contributed by atoms with Crippen LogP contribution >= 0.6 is 12.2 Å². The van der Waals surface area contributed by atoms with Gasteiger partial charge in [-0.3, -0.25) is 0 Å². The zero-order valence-electron chi connectivity index (χ0n) is 12.5. The largest absolute Gasteiger partial charge is 0.573 e. The van der Waals surface area contributed by atoms with Crippen molar-refractivity contribution in [2.75, 3.05) is 25.1 Å². The van der Waals surface area contributed by atoms with Gasteiger partial charge in [-0.25, -0.2) is 0 Å². The lowest BCUT2D eigenvalue weighted by Gasteiger charge is -2.12. The Kier molecular flexibility index (Phi) is 6.47. The first kappa shape index (κ1) is 17.8. The van der Waals surface area contributed by atoms with Gasteiger partial charge in [-0.15, -0.1) is 13.2 Å². The van der Waals surface area contributed by atoms with Gasteiger partial charge >= 0.3 is 6.36 Å². The summed E-state index contributed by atoms with van der Waals surface area (Å²) in [7, 11) is 0. The first-order valence-corrected chi connectivity index (χ1v) is 7.81. The summed E-state index contributed by atoms with van der Waals surface area (Å²) in [5.41, 5.74) is 0.585. The maximum absolute atomic E-state index is 12.0. The van der Waals surface area contributed by atoms with Crippen molar-refractivity contribution in [2.24, 2.45) is 5.92 Å². The van der Waals surface area contributed by atoms with E-state index in [4.69, 9.17) is 17.0 Å². The minimum atomic E-state index is -4.69. The maximum Gasteiger partial charge on any atom is 0.573 e. The highest BCUT2D eigenvalue weighted by Crippen LogP contribution is 2.28. The van der Waals surface area contributed by atoms with Crippen molar-refractivity contribution in [1.29, 1.82) is 0 Å². The fourth-order valence-corrected chi connectivity index (χ4v) is 2.05. The van der Waals surface area contributed by atoms with Crippen molar-refractivity contribution >= 4 is 23.0 Å². The molecule has 0 heterocycles. The second-order valence-corrected chi connectivity index (χ2v) is 5.73. The molecule has 23 heavy (non-hydrogen) atoms. The molecule has 0 bridgehead atoms. The van der Waals surface area contributed by atoms with E-state index in [1.54, 1.807) is 0 Å². The van der Waals surface area contributed by atoms with Crippen LogP contribution in [0.1, 0.15) is 19.3 Å². The number of thiocarbonyl (C=S) groups is 1. The van der Waals surface area contributed by atoms with Crippen molar-refractivity contribution < 1.29 is 22.6 Å². The lowest BCUT2D eigenvalue weighted by molar-refractivity contribution is -0.274. The molecule has 1 aliphatic rings. The van der Waals surface area contributed by atoms with E-state index in [0.29, 0.717) is 24.0 Å². The number of halogens is 3. The molecule has 0 saturated heterocycles. The van der Waals surface area contributed by atoms with Crippen molar-refractivity contribution in [3.63, 3.8) is 0 Å². The first-order valence-electron chi connectivity index (χ1n) is 7.41. The van der Waals surface area contributed by atoms with Gasteiger partial charge < -0.3 is 20.1 Å². The van der Waals surface area contributed by atoms with E-state index >= 15 is 0 Å². The van der Waals surface area contributed by atoms with Crippen molar-refractivity contribution in [2.45, 2.75) is 25.6 Å². The molecular weight excluding hydrogens is 329 g/mol. The highest BCUT2D eigenvalue weighted by molar-refractivity contribution is 7.80. The summed E-state index contributed by atoms with van der Waals surface area (Å²) in [6.45, 7) is 2.20. The second-order valence-electron chi connectivity index (χ2n) is 5.32. The lowest BCUT2D eigenvalue weighted by atomic mass is 10.3. The van der Waals surface area contributed by atoms with E-state index in [-0.39, 0.29) is 5.75 Å².